The highest BCUT2D eigenvalue weighted by atomic mass is 16.3. The van der Waals surface area contributed by atoms with E-state index in [4.69, 9.17) is 5.11 Å². The summed E-state index contributed by atoms with van der Waals surface area (Å²) in [5.74, 6) is 0. The number of aliphatic hydroxyl groups excluding tert-OH is 1. The van der Waals surface area contributed by atoms with Crippen LogP contribution in [0.3, 0.4) is 0 Å². The number of hydrogen-bond acceptors (Lipinski definition) is 1. The Labute approximate surface area is 50.0 Å². The first-order valence-electron chi connectivity index (χ1n) is 2.98. The first kappa shape index (κ1) is 5.83. The van der Waals surface area contributed by atoms with Crippen LogP contribution in [0.15, 0.2) is 12.2 Å². The van der Waals surface area contributed by atoms with Gasteiger partial charge in [0.1, 0.15) is 0 Å². The van der Waals surface area contributed by atoms with Gasteiger partial charge in [-0.1, -0.05) is 12.2 Å². The van der Waals surface area contributed by atoms with E-state index in [1.807, 2.05) is 6.92 Å². The fraction of sp³-hybridized carbons (Fsp3) is 0.714. The van der Waals surface area contributed by atoms with Crippen LogP contribution < -0.4 is 0 Å². The molecule has 1 aliphatic carbocycles. The predicted octanol–water partition coefficient (Wildman–Crippen LogP) is 1.33. The van der Waals surface area contributed by atoms with Crippen LogP contribution in [0.4, 0.5) is 0 Å². The van der Waals surface area contributed by atoms with E-state index in [0.717, 1.165) is 18.4 Å². The van der Waals surface area contributed by atoms with Crippen molar-refractivity contribution in [3.05, 3.63) is 12.2 Å². The first-order valence-corrected chi connectivity index (χ1v) is 2.98. The van der Waals surface area contributed by atoms with Crippen LogP contribution in [0.5, 0.6) is 0 Å². The lowest BCUT2D eigenvalue weighted by Crippen LogP contribution is -2.05. The molecule has 0 radical (unpaired) electrons. The largest absolute Gasteiger partial charge is 0.395 e. The molecule has 1 heteroatoms. The van der Waals surface area contributed by atoms with Gasteiger partial charge in [-0.15, -0.1) is 0 Å². The minimum atomic E-state index is 0.153. The van der Waals surface area contributed by atoms with Crippen LogP contribution in [-0.2, 0) is 0 Å². The molecule has 0 spiro atoms. The third kappa shape index (κ3) is 0.671. The van der Waals surface area contributed by atoms with Gasteiger partial charge in [0.2, 0.25) is 0 Å². The van der Waals surface area contributed by atoms with Crippen molar-refractivity contribution in [1.82, 2.24) is 0 Å². The molecule has 0 bridgehead atoms. The zero-order chi connectivity index (χ0) is 6.20. The van der Waals surface area contributed by atoms with Crippen molar-refractivity contribution >= 4 is 0 Å². The zero-order valence-corrected chi connectivity index (χ0v) is 5.28. The number of aliphatic hydroxyl groups is 1. The van der Waals surface area contributed by atoms with Gasteiger partial charge in [-0.2, -0.15) is 0 Å². The van der Waals surface area contributed by atoms with Gasteiger partial charge in [0.25, 0.3) is 0 Å². The van der Waals surface area contributed by atoms with E-state index < -0.39 is 0 Å². The van der Waals surface area contributed by atoms with E-state index in [9.17, 15) is 0 Å². The lowest BCUT2D eigenvalue weighted by atomic mass is 10.0. The van der Waals surface area contributed by atoms with Crippen LogP contribution >= 0.6 is 0 Å². The van der Waals surface area contributed by atoms with Crippen molar-refractivity contribution in [2.24, 2.45) is 5.41 Å². The minimum Gasteiger partial charge on any atom is -0.395 e. The summed E-state index contributed by atoms with van der Waals surface area (Å²) < 4.78 is 0. The quantitative estimate of drug-likeness (QED) is 0.534. The van der Waals surface area contributed by atoms with Gasteiger partial charge in [-0.25, -0.2) is 0 Å². The molecule has 1 saturated carbocycles. The van der Waals surface area contributed by atoms with Gasteiger partial charge in [0.15, 0.2) is 0 Å². The Morgan fingerprint density at radius 1 is 1.75 bits per heavy atom. The highest BCUT2D eigenvalue weighted by Gasteiger charge is 2.42. The monoisotopic (exact) mass is 112 g/mol. The van der Waals surface area contributed by atoms with Crippen LogP contribution in [0.25, 0.3) is 0 Å². The maximum atomic E-state index is 8.77. The van der Waals surface area contributed by atoms with Crippen molar-refractivity contribution in [1.29, 1.82) is 0 Å². The third-order valence-corrected chi connectivity index (χ3v) is 2.06. The Kier molecular flexibility index (Phi) is 1.16. The molecule has 0 aromatic heterocycles. The molecule has 1 rings (SSSR count). The second-order valence-electron chi connectivity index (χ2n) is 2.72. The summed E-state index contributed by atoms with van der Waals surface area (Å²) in [4.78, 5) is 0. The maximum absolute atomic E-state index is 8.77. The molecule has 1 aliphatic rings. The van der Waals surface area contributed by atoms with Crippen molar-refractivity contribution in [3.8, 4) is 0 Å². The van der Waals surface area contributed by atoms with Crippen LogP contribution in [0, 0.1) is 5.41 Å². The molecule has 1 nitrogen and oxygen atoms in total. The molecular formula is C7H12O. The average Bonchev–Trinajstić information content (AvgIpc) is 2.44. The molecule has 1 N–H and O–H groups in total. The summed E-state index contributed by atoms with van der Waals surface area (Å²) in [6.45, 7) is 6.08. The van der Waals surface area contributed by atoms with E-state index in [2.05, 4.69) is 6.58 Å². The first-order chi connectivity index (χ1) is 3.71. The van der Waals surface area contributed by atoms with Crippen LogP contribution in [-0.4, -0.2) is 11.7 Å². The second kappa shape index (κ2) is 1.59. The highest BCUT2D eigenvalue weighted by molar-refractivity contribution is 5.16. The molecular weight excluding hydrogens is 100 g/mol. The fourth-order valence-electron chi connectivity index (χ4n) is 0.871. The smallest absolute Gasteiger partial charge is 0.0524 e. The second-order valence-corrected chi connectivity index (χ2v) is 2.72. The molecule has 0 saturated heterocycles. The molecule has 8 heavy (non-hydrogen) atoms. The molecule has 0 aliphatic heterocycles. The van der Waals surface area contributed by atoms with E-state index in [1.165, 1.54) is 0 Å². The van der Waals surface area contributed by atoms with Crippen molar-refractivity contribution < 1.29 is 5.11 Å². The van der Waals surface area contributed by atoms with Gasteiger partial charge in [-0.3, -0.25) is 0 Å². The molecule has 0 aromatic carbocycles. The predicted molar refractivity (Wildman–Crippen MR) is 33.6 cm³/mol. The average molecular weight is 112 g/mol. The molecule has 0 amide bonds. The van der Waals surface area contributed by atoms with E-state index >= 15 is 0 Å². The summed E-state index contributed by atoms with van der Waals surface area (Å²) in [5.41, 5.74) is 1.29. The lowest BCUT2D eigenvalue weighted by molar-refractivity contribution is 0.235. The van der Waals surface area contributed by atoms with Crippen LogP contribution in [0.2, 0.25) is 0 Å². The molecule has 1 fully saturated rings. The van der Waals surface area contributed by atoms with Gasteiger partial charge >= 0.3 is 0 Å². The Morgan fingerprint density at radius 3 is 2.25 bits per heavy atom. The van der Waals surface area contributed by atoms with Gasteiger partial charge in [0.05, 0.1) is 6.61 Å². The van der Waals surface area contributed by atoms with Crippen molar-refractivity contribution in [2.45, 2.75) is 19.8 Å². The lowest BCUT2D eigenvalue weighted by Gasteiger charge is -2.08. The Balaban J connectivity index is 2.53. The molecule has 0 aromatic rings. The molecule has 0 heterocycles. The minimum absolute atomic E-state index is 0.153. The zero-order valence-electron chi connectivity index (χ0n) is 5.28. The summed E-state index contributed by atoms with van der Waals surface area (Å²) in [6, 6.07) is 0. The normalized spacial score (nSPS) is 22.8. The molecule has 46 valence electrons. The fourth-order valence-corrected chi connectivity index (χ4v) is 0.871. The van der Waals surface area contributed by atoms with Gasteiger partial charge in [0, 0.05) is 5.41 Å². The summed E-state index contributed by atoms with van der Waals surface area (Å²) in [7, 11) is 0. The van der Waals surface area contributed by atoms with Gasteiger partial charge in [-0.05, 0) is 19.8 Å². The van der Waals surface area contributed by atoms with E-state index in [0.29, 0.717) is 6.61 Å². The van der Waals surface area contributed by atoms with Crippen LogP contribution in [0.1, 0.15) is 19.8 Å². The standard InChI is InChI=1S/C7H12O/c1-6(2)7(5-8)3-4-7/h8H,1,3-5H2,2H3. The Bertz CT molecular complexity index is 112. The highest BCUT2D eigenvalue weighted by Crippen LogP contribution is 2.50. The van der Waals surface area contributed by atoms with Crippen molar-refractivity contribution in [3.63, 3.8) is 0 Å². The summed E-state index contributed by atoms with van der Waals surface area (Å²) >= 11 is 0. The van der Waals surface area contributed by atoms with Crippen molar-refractivity contribution in [2.75, 3.05) is 6.61 Å². The Morgan fingerprint density at radius 2 is 2.25 bits per heavy atom. The molecule has 0 unspecified atom stereocenters. The van der Waals surface area contributed by atoms with E-state index in [1.54, 1.807) is 0 Å². The topological polar surface area (TPSA) is 20.2 Å². The third-order valence-electron chi connectivity index (χ3n) is 2.06. The van der Waals surface area contributed by atoms with E-state index in [-0.39, 0.29) is 5.41 Å². The SMILES string of the molecule is C=C(C)C1(CO)CC1. The number of hydrogen-bond donors (Lipinski definition) is 1. The number of rotatable bonds is 2. The summed E-state index contributed by atoms with van der Waals surface area (Å²) in [5, 5.41) is 8.77. The molecule has 0 atom stereocenters. The maximum Gasteiger partial charge on any atom is 0.0524 e. The van der Waals surface area contributed by atoms with Gasteiger partial charge < -0.3 is 5.11 Å². The Hall–Kier alpha value is -0.300. The summed E-state index contributed by atoms with van der Waals surface area (Å²) in [6.07, 6.45) is 2.28.